The average molecular weight is 327 g/mol. The van der Waals surface area contributed by atoms with Crippen LogP contribution in [0.3, 0.4) is 0 Å². The summed E-state index contributed by atoms with van der Waals surface area (Å²) in [7, 11) is 0. The summed E-state index contributed by atoms with van der Waals surface area (Å²) in [6, 6.07) is 6.90. The van der Waals surface area contributed by atoms with Crippen LogP contribution < -0.4 is 10.6 Å². The van der Waals surface area contributed by atoms with E-state index in [-0.39, 0.29) is 6.03 Å². The third-order valence-electron chi connectivity index (χ3n) is 2.85. The molecule has 5 nitrogen and oxygen atoms in total. The first-order valence-electron chi connectivity index (χ1n) is 6.61. The van der Waals surface area contributed by atoms with Crippen LogP contribution in [0.4, 0.5) is 10.6 Å². The summed E-state index contributed by atoms with van der Waals surface area (Å²) in [6.45, 7) is 3.04. The SMILES string of the molecule is CCCNC(=O)Nc1ccnn1Cc1cccc(Cl)c1Cl. The Kier molecular flexibility index (Phi) is 5.47. The zero-order valence-electron chi connectivity index (χ0n) is 11.6. The molecule has 2 aromatic rings. The van der Waals surface area contributed by atoms with Gasteiger partial charge in [0, 0.05) is 12.6 Å². The second kappa shape index (κ2) is 7.33. The van der Waals surface area contributed by atoms with Gasteiger partial charge in [-0.1, -0.05) is 42.3 Å². The Morgan fingerprint density at radius 2 is 2.14 bits per heavy atom. The number of rotatable bonds is 5. The number of nitrogens with zero attached hydrogens (tertiary/aromatic N) is 2. The molecule has 2 N–H and O–H groups in total. The first kappa shape index (κ1) is 15.7. The van der Waals surface area contributed by atoms with Crippen molar-refractivity contribution in [1.82, 2.24) is 15.1 Å². The molecule has 0 aliphatic carbocycles. The van der Waals surface area contributed by atoms with Crippen LogP contribution >= 0.6 is 23.2 Å². The molecule has 112 valence electrons. The lowest BCUT2D eigenvalue weighted by Gasteiger charge is -2.11. The molecule has 0 aliphatic rings. The van der Waals surface area contributed by atoms with Crippen molar-refractivity contribution < 1.29 is 4.79 Å². The molecule has 21 heavy (non-hydrogen) atoms. The van der Waals surface area contributed by atoms with Crippen molar-refractivity contribution in [2.75, 3.05) is 11.9 Å². The predicted octanol–water partition coefficient (Wildman–Crippen LogP) is 3.77. The van der Waals surface area contributed by atoms with Gasteiger partial charge in [0.2, 0.25) is 0 Å². The van der Waals surface area contributed by atoms with Crippen LogP contribution in [0.1, 0.15) is 18.9 Å². The standard InChI is InChI=1S/C14H16Cl2N4O/c1-2-7-17-14(21)19-12-6-8-18-20(12)9-10-4-3-5-11(15)13(10)16/h3-6,8H,2,7,9H2,1H3,(H2,17,19,21). The van der Waals surface area contributed by atoms with Crippen LogP contribution in [0.5, 0.6) is 0 Å². The second-order valence-electron chi connectivity index (χ2n) is 4.47. The molecule has 0 atom stereocenters. The monoisotopic (exact) mass is 326 g/mol. The Hall–Kier alpha value is -1.72. The van der Waals surface area contributed by atoms with E-state index < -0.39 is 0 Å². The molecule has 1 aromatic carbocycles. The van der Waals surface area contributed by atoms with E-state index in [4.69, 9.17) is 23.2 Å². The molecule has 0 spiro atoms. The van der Waals surface area contributed by atoms with Gasteiger partial charge in [-0.25, -0.2) is 9.48 Å². The first-order valence-corrected chi connectivity index (χ1v) is 7.37. The van der Waals surface area contributed by atoms with Crippen LogP contribution in [-0.4, -0.2) is 22.4 Å². The number of benzene rings is 1. The maximum atomic E-state index is 11.7. The normalized spacial score (nSPS) is 10.4. The van der Waals surface area contributed by atoms with E-state index in [2.05, 4.69) is 15.7 Å². The van der Waals surface area contributed by atoms with Gasteiger partial charge in [0.15, 0.2) is 0 Å². The number of urea groups is 1. The van der Waals surface area contributed by atoms with E-state index in [0.29, 0.717) is 29.0 Å². The Morgan fingerprint density at radius 3 is 2.90 bits per heavy atom. The quantitative estimate of drug-likeness (QED) is 0.878. The minimum atomic E-state index is -0.254. The molecular weight excluding hydrogens is 311 g/mol. The summed E-state index contributed by atoms with van der Waals surface area (Å²) in [6.07, 6.45) is 2.50. The van der Waals surface area contributed by atoms with Crippen molar-refractivity contribution >= 4 is 35.1 Å². The number of carbonyl (C=O) groups excluding carboxylic acids is 1. The van der Waals surface area contributed by atoms with Crippen LogP contribution in [0, 0.1) is 0 Å². The molecule has 1 heterocycles. The van der Waals surface area contributed by atoms with Gasteiger partial charge in [0.25, 0.3) is 0 Å². The molecule has 1 aromatic heterocycles. The maximum Gasteiger partial charge on any atom is 0.320 e. The number of hydrogen-bond acceptors (Lipinski definition) is 2. The van der Waals surface area contributed by atoms with Crippen molar-refractivity contribution in [2.45, 2.75) is 19.9 Å². The molecule has 0 bridgehead atoms. The molecule has 7 heteroatoms. The number of aromatic nitrogens is 2. The molecule has 0 unspecified atom stereocenters. The first-order chi connectivity index (χ1) is 10.1. The minimum absolute atomic E-state index is 0.254. The fraction of sp³-hybridized carbons (Fsp3) is 0.286. The lowest BCUT2D eigenvalue weighted by molar-refractivity contribution is 0.252. The van der Waals surface area contributed by atoms with Gasteiger partial charge >= 0.3 is 6.03 Å². The highest BCUT2D eigenvalue weighted by Crippen LogP contribution is 2.26. The second-order valence-corrected chi connectivity index (χ2v) is 5.25. The number of carbonyl (C=O) groups is 1. The van der Waals surface area contributed by atoms with Gasteiger partial charge < -0.3 is 5.32 Å². The third kappa shape index (κ3) is 4.12. The van der Waals surface area contributed by atoms with Crippen LogP contribution in [-0.2, 0) is 6.54 Å². The Labute approximate surface area is 133 Å². The van der Waals surface area contributed by atoms with Crippen molar-refractivity contribution in [2.24, 2.45) is 0 Å². The smallest absolute Gasteiger partial charge is 0.320 e. The van der Waals surface area contributed by atoms with Crippen LogP contribution in [0.25, 0.3) is 0 Å². The molecule has 0 saturated carbocycles. The number of hydrogen-bond donors (Lipinski definition) is 2. The van der Waals surface area contributed by atoms with Gasteiger partial charge in [0.1, 0.15) is 5.82 Å². The van der Waals surface area contributed by atoms with Crippen LogP contribution in [0.15, 0.2) is 30.5 Å². The van der Waals surface area contributed by atoms with Gasteiger partial charge in [-0.05, 0) is 18.1 Å². The highest BCUT2D eigenvalue weighted by atomic mass is 35.5. The Morgan fingerprint density at radius 1 is 1.33 bits per heavy atom. The molecule has 0 aliphatic heterocycles. The van der Waals surface area contributed by atoms with Crippen LogP contribution in [0.2, 0.25) is 10.0 Å². The van der Waals surface area contributed by atoms with Crippen molar-refractivity contribution in [1.29, 1.82) is 0 Å². The molecule has 2 rings (SSSR count). The lowest BCUT2D eigenvalue weighted by atomic mass is 10.2. The summed E-state index contributed by atoms with van der Waals surface area (Å²) in [5.41, 5.74) is 0.838. The molecule has 0 fully saturated rings. The van der Waals surface area contributed by atoms with Crippen molar-refractivity contribution in [3.8, 4) is 0 Å². The van der Waals surface area contributed by atoms with E-state index in [9.17, 15) is 4.79 Å². The average Bonchev–Trinajstić information content (AvgIpc) is 2.89. The van der Waals surface area contributed by atoms with Gasteiger partial charge in [-0.2, -0.15) is 5.10 Å². The van der Waals surface area contributed by atoms with Crippen molar-refractivity contribution in [3.05, 3.63) is 46.1 Å². The van der Waals surface area contributed by atoms with E-state index >= 15 is 0 Å². The summed E-state index contributed by atoms with van der Waals surface area (Å²) in [5, 5.41) is 10.7. The highest BCUT2D eigenvalue weighted by Gasteiger charge is 2.10. The number of nitrogens with one attached hydrogen (secondary N) is 2. The fourth-order valence-electron chi connectivity index (χ4n) is 1.80. The topological polar surface area (TPSA) is 59.0 Å². The van der Waals surface area contributed by atoms with Gasteiger partial charge in [-0.3, -0.25) is 5.32 Å². The molecular formula is C14H16Cl2N4O. The van der Waals surface area contributed by atoms with Crippen molar-refractivity contribution in [3.63, 3.8) is 0 Å². The summed E-state index contributed by atoms with van der Waals surface area (Å²) >= 11 is 12.2. The Balaban J connectivity index is 2.10. The summed E-state index contributed by atoms with van der Waals surface area (Å²) < 4.78 is 1.66. The summed E-state index contributed by atoms with van der Waals surface area (Å²) in [4.78, 5) is 11.7. The zero-order valence-corrected chi connectivity index (χ0v) is 13.1. The number of amides is 2. The maximum absolute atomic E-state index is 11.7. The number of anilines is 1. The number of halogens is 2. The molecule has 0 saturated heterocycles. The largest absolute Gasteiger partial charge is 0.338 e. The van der Waals surface area contributed by atoms with E-state index in [1.807, 2.05) is 19.1 Å². The Bertz CT molecular complexity index is 627. The molecule has 0 radical (unpaired) electrons. The fourth-order valence-corrected chi connectivity index (χ4v) is 2.18. The summed E-state index contributed by atoms with van der Waals surface area (Å²) in [5.74, 6) is 0.597. The molecule has 2 amide bonds. The van der Waals surface area contributed by atoms with E-state index in [1.54, 1.807) is 23.0 Å². The highest BCUT2D eigenvalue weighted by molar-refractivity contribution is 6.42. The van der Waals surface area contributed by atoms with E-state index in [1.165, 1.54) is 0 Å². The van der Waals surface area contributed by atoms with Gasteiger partial charge in [-0.15, -0.1) is 0 Å². The van der Waals surface area contributed by atoms with Gasteiger partial charge in [0.05, 0.1) is 22.8 Å². The lowest BCUT2D eigenvalue weighted by Crippen LogP contribution is -2.30. The van der Waals surface area contributed by atoms with E-state index in [0.717, 1.165) is 12.0 Å². The predicted molar refractivity (Wildman–Crippen MR) is 85.1 cm³/mol. The minimum Gasteiger partial charge on any atom is -0.338 e. The zero-order chi connectivity index (χ0) is 15.2. The third-order valence-corrected chi connectivity index (χ3v) is 3.70.